The number of anilines is 1. The number of nitrogens with one attached hydrogen (secondary N) is 2. The van der Waals surface area contributed by atoms with Gasteiger partial charge in [0.25, 0.3) is 0 Å². The molecule has 0 fully saturated rings. The quantitative estimate of drug-likeness (QED) is 0.592. The van der Waals surface area contributed by atoms with Crippen molar-refractivity contribution >= 4 is 22.8 Å². The third-order valence-electron chi connectivity index (χ3n) is 3.98. The van der Waals surface area contributed by atoms with E-state index in [1.165, 1.54) is 7.11 Å². The first kappa shape index (κ1) is 18.8. The lowest BCUT2D eigenvalue weighted by molar-refractivity contribution is -0.124. The number of para-hydroxylation sites is 1. The molecule has 2 aromatic heterocycles. The molecule has 0 aliphatic rings. The molecule has 0 saturated heterocycles. The van der Waals surface area contributed by atoms with Gasteiger partial charge in [-0.05, 0) is 12.1 Å². The Balaban J connectivity index is 1.86. The summed E-state index contributed by atoms with van der Waals surface area (Å²) in [6.07, 6.45) is 1.76. The Kier molecular flexibility index (Phi) is 5.97. The Bertz CT molecular complexity index is 907. The number of fused-ring (bicyclic) bond motifs is 1. The molecule has 27 heavy (non-hydrogen) atoms. The van der Waals surface area contributed by atoms with E-state index < -0.39 is 0 Å². The molecular formula is C19H24N6O2. The molecule has 142 valence electrons. The molecule has 0 aliphatic carbocycles. The molecular weight excluding hydrogens is 344 g/mol. The van der Waals surface area contributed by atoms with E-state index >= 15 is 0 Å². The summed E-state index contributed by atoms with van der Waals surface area (Å²) in [7, 11) is 1.49. The fourth-order valence-electron chi connectivity index (χ4n) is 2.64. The summed E-state index contributed by atoms with van der Waals surface area (Å²) in [5, 5.41) is 11.4. The Labute approximate surface area is 158 Å². The first-order valence-corrected chi connectivity index (χ1v) is 8.90. The maximum absolute atomic E-state index is 11.5. The van der Waals surface area contributed by atoms with Crippen LogP contribution >= 0.6 is 0 Å². The zero-order chi connectivity index (χ0) is 19.2. The zero-order valence-electron chi connectivity index (χ0n) is 15.8. The van der Waals surface area contributed by atoms with E-state index in [1.54, 1.807) is 6.20 Å². The molecule has 1 amide bonds. The van der Waals surface area contributed by atoms with Crippen LogP contribution in [0.15, 0.2) is 36.5 Å². The molecule has 0 saturated carbocycles. The molecule has 0 unspecified atom stereocenters. The number of benzene rings is 1. The van der Waals surface area contributed by atoms with Crippen LogP contribution in [0.3, 0.4) is 0 Å². The van der Waals surface area contributed by atoms with Crippen molar-refractivity contribution in [3.63, 3.8) is 0 Å². The number of ether oxygens (including phenoxy) is 1. The number of rotatable bonds is 8. The molecule has 8 nitrogen and oxygen atoms in total. The standard InChI is InChI=1S/C19H24N6O2/c1-13(2)17-23-18(21-10-9-20-16(26)12-27-3)15-11-22-25(19(15)24-17)14-7-5-4-6-8-14/h4-8,11,13H,9-10,12H2,1-3H3,(H,20,26)(H,21,23,24). The van der Waals surface area contributed by atoms with Crippen molar-refractivity contribution in [2.75, 3.05) is 32.1 Å². The van der Waals surface area contributed by atoms with Crippen molar-refractivity contribution in [3.8, 4) is 5.69 Å². The summed E-state index contributed by atoms with van der Waals surface area (Å²) in [5.41, 5.74) is 1.70. The number of nitrogens with zero attached hydrogens (tertiary/aromatic N) is 4. The van der Waals surface area contributed by atoms with Gasteiger partial charge in [0.2, 0.25) is 5.91 Å². The van der Waals surface area contributed by atoms with Crippen molar-refractivity contribution in [1.29, 1.82) is 0 Å². The maximum atomic E-state index is 11.5. The largest absolute Gasteiger partial charge is 0.375 e. The number of carbonyl (C=O) groups excluding carboxylic acids is 1. The molecule has 3 rings (SSSR count). The minimum absolute atomic E-state index is 0.0547. The molecule has 0 atom stereocenters. The number of aromatic nitrogens is 4. The van der Waals surface area contributed by atoms with Crippen LogP contribution in [0.25, 0.3) is 16.7 Å². The Morgan fingerprint density at radius 3 is 2.67 bits per heavy atom. The highest BCUT2D eigenvalue weighted by atomic mass is 16.5. The van der Waals surface area contributed by atoms with Gasteiger partial charge < -0.3 is 15.4 Å². The molecule has 1 aromatic carbocycles. The topological polar surface area (TPSA) is 94.0 Å². The lowest BCUT2D eigenvalue weighted by atomic mass is 10.2. The van der Waals surface area contributed by atoms with Gasteiger partial charge in [-0.3, -0.25) is 4.79 Å². The number of hydrogen-bond donors (Lipinski definition) is 2. The molecule has 0 bridgehead atoms. The van der Waals surface area contributed by atoms with Crippen LogP contribution in [0, 0.1) is 0 Å². The van der Waals surface area contributed by atoms with Gasteiger partial charge in [-0.25, -0.2) is 14.6 Å². The third-order valence-corrected chi connectivity index (χ3v) is 3.98. The van der Waals surface area contributed by atoms with Gasteiger partial charge in [0.15, 0.2) is 5.65 Å². The van der Waals surface area contributed by atoms with E-state index in [9.17, 15) is 4.79 Å². The number of amides is 1. The minimum atomic E-state index is -0.146. The van der Waals surface area contributed by atoms with E-state index in [-0.39, 0.29) is 18.4 Å². The fraction of sp³-hybridized carbons (Fsp3) is 0.368. The highest BCUT2D eigenvalue weighted by Gasteiger charge is 2.15. The molecule has 2 heterocycles. The third kappa shape index (κ3) is 4.40. The Hall–Kier alpha value is -3.00. The van der Waals surface area contributed by atoms with Crippen molar-refractivity contribution in [3.05, 3.63) is 42.4 Å². The maximum Gasteiger partial charge on any atom is 0.246 e. The van der Waals surface area contributed by atoms with Gasteiger partial charge in [0, 0.05) is 26.1 Å². The summed E-state index contributed by atoms with van der Waals surface area (Å²) in [4.78, 5) is 20.8. The summed E-state index contributed by atoms with van der Waals surface area (Å²) in [5.74, 6) is 1.49. The predicted molar refractivity (Wildman–Crippen MR) is 104 cm³/mol. The molecule has 3 aromatic rings. The Morgan fingerprint density at radius 2 is 1.96 bits per heavy atom. The van der Waals surface area contributed by atoms with Crippen LogP contribution in [0.5, 0.6) is 0 Å². The van der Waals surface area contributed by atoms with Crippen molar-refractivity contribution in [1.82, 2.24) is 25.1 Å². The summed E-state index contributed by atoms with van der Waals surface area (Å²) >= 11 is 0. The Morgan fingerprint density at radius 1 is 1.19 bits per heavy atom. The van der Waals surface area contributed by atoms with Gasteiger partial charge in [-0.2, -0.15) is 5.10 Å². The van der Waals surface area contributed by atoms with Crippen molar-refractivity contribution in [2.24, 2.45) is 0 Å². The first-order chi connectivity index (χ1) is 13.1. The molecule has 2 N–H and O–H groups in total. The second-order valence-corrected chi connectivity index (χ2v) is 6.42. The van der Waals surface area contributed by atoms with Crippen LogP contribution in [0.2, 0.25) is 0 Å². The van der Waals surface area contributed by atoms with E-state index in [1.807, 2.05) is 35.0 Å². The van der Waals surface area contributed by atoms with Gasteiger partial charge in [-0.15, -0.1) is 0 Å². The fourth-order valence-corrected chi connectivity index (χ4v) is 2.64. The normalized spacial score (nSPS) is 11.1. The predicted octanol–water partition coefficient (Wildman–Crippen LogP) is 2.11. The van der Waals surface area contributed by atoms with Crippen molar-refractivity contribution < 1.29 is 9.53 Å². The van der Waals surface area contributed by atoms with Gasteiger partial charge in [-0.1, -0.05) is 32.0 Å². The SMILES string of the molecule is COCC(=O)NCCNc1nc(C(C)C)nc2c1cnn2-c1ccccc1. The molecule has 0 aliphatic heterocycles. The van der Waals surface area contributed by atoms with Gasteiger partial charge >= 0.3 is 0 Å². The van der Waals surface area contributed by atoms with E-state index in [2.05, 4.69) is 34.6 Å². The van der Waals surface area contributed by atoms with Crippen LogP contribution in [0.1, 0.15) is 25.6 Å². The van der Waals surface area contributed by atoms with Crippen LogP contribution in [0.4, 0.5) is 5.82 Å². The van der Waals surface area contributed by atoms with Gasteiger partial charge in [0.05, 0.1) is 17.3 Å². The highest BCUT2D eigenvalue weighted by Crippen LogP contribution is 2.24. The summed E-state index contributed by atoms with van der Waals surface area (Å²) < 4.78 is 6.61. The average molecular weight is 368 g/mol. The molecule has 0 spiro atoms. The van der Waals surface area contributed by atoms with Gasteiger partial charge in [0.1, 0.15) is 18.2 Å². The molecule has 0 radical (unpaired) electrons. The lowest BCUT2D eigenvalue weighted by Gasteiger charge is -2.12. The van der Waals surface area contributed by atoms with Crippen molar-refractivity contribution in [2.45, 2.75) is 19.8 Å². The summed E-state index contributed by atoms with van der Waals surface area (Å²) in [6, 6.07) is 9.88. The van der Waals surface area contributed by atoms with Crippen LogP contribution < -0.4 is 10.6 Å². The number of methoxy groups -OCH3 is 1. The minimum Gasteiger partial charge on any atom is -0.375 e. The van der Waals surface area contributed by atoms with Crippen LogP contribution in [-0.4, -0.2) is 52.5 Å². The van der Waals surface area contributed by atoms with Crippen LogP contribution in [-0.2, 0) is 9.53 Å². The van der Waals surface area contributed by atoms with E-state index in [0.29, 0.717) is 18.9 Å². The number of carbonyl (C=O) groups is 1. The molecule has 8 heteroatoms. The monoisotopic (exact) mass is 368 g/mol. The number of hydrogen-bond acceptors (Lipinski definition) is 6. The smallest absolute Gasteiger partial charge is 0.246 e. The lowest BCUT2D eigenvalue weighted by Crippen LogP contribution is -2.31. The van der Waals surface area contributed by atoms with E-state index in [0.717, 1.165) is 22.5 Å². The zero-order valence-corrected chi connectivity index (χ0v) is 15.8. The second kappa shape index (κ2) is 8.59. The summed E-state index contributed by atoms with van der Waals surface area (Å²) in [6.45, 7) is 5.17. The highest BCUT2D eigenvalue weighted by molar-refractivity contribution is 5.87. The van der Waals surface area contributed by atoms with E-state index in [4.69, 9.17) is 9.72 Å². The first-order valence-electron chi connectivity index (χ1n) is 8.90. The second-order valence-electron chi connectivity index (χ2n) is 6.42. The average Bonchev–Trinajstić information content (AvgIpc) is 3.10.